The lowest BCUT2D eigenvalue weighted by atomic mass is 9.62. The third kappa shape index (κ3) is 5.00. The number of cyclic esters (lactones) is 1. The monoisotopic (exact) mass is 652 g/mol. The first-order valence-electron chi connectivity index (χ1n) is 16.6. The number of carbonyl (C=O) groups is 4. The molecule has 0 aromatic heterocycles. The quantitative estimate of drug-likeness (QED) is 0.213. The van der Waals surface area contributed by atoms with Crippen LogP contribution in [0.15, 0.2) is 30.3 Å². The van der Waals surface area contributed by atoms with Crippen molar-refractivity contribution in [2.24, 2.45) is 22.7 Å². The normalized spacial score (nSPS) is 36.6. The topological polar surface area (TPSA) is 159 Å². The van der Waals surface area contributed by atoms with E-state index in [1.165, 1.54) is 11.1 Å². The molecule has 4 aliphatic heterocycles. The smallest absolute Gasteiger partial charge is 0.348 e. The Hall–Kier alpha value is -3.36. The summed E-state index contributed by atoms with van der Waals surface area (Å²) in [7, 11) is 0. The van der Waals surface area contributed by atoms with E-state index in [-0.39, 0.29) is 50.5 Å². The summed E-state index contributed by atoms with van der Waals surface area (Å²) in [4.78, 5) is 59.0. The summed E-state index contributed by atoms with van der Waals surface area (Å²) < 4.78 is 30.0. The van der Waals surface area contributed by atoms with Crippen molar-refractivity contribution in [3.63, 3.8) is 0 Å². The van der Waals surface area contributed by atoms with Gasteiger partial charge in [0.1, 0.15) is 36.4 Å². The van der Waals surface area contributed by atoms with E-state index in [1.807, 2.05) is 18.2 Å². The highest BCUT2D eigenvalue weighted by molar-refractivity contribution is 5.93. The van der Waals surface area contributed by atoms with Gasteiger partial charge in [-0.3, -0.25) is 14.4 Å². The van der Waals surface area contributed by atoms with E-state index in [9.17, 15) is 24.3 Å². The highest BCUT2D eigenvalue weighted by Gasteiger charge is 2.78. The first-order chi connectivity index (χ1) is 22.6. The average molecular weight is 653 g/mol. The second-order valence-corrected chi connectivity index (χ2v) is 14.6. The summed E-state index contributed by atoms with van der Waals surface area (Å²) in [6, 6.07) is 6.26. The molecule has 7 fully saturated rings. The molecule has 7 atom stereocenters. The van der Waals surface area contributed by atoms with Crippen molar-refractivity contribution in [2.45, 2.75) is 94.8 Å². The van der Waals surface area contributed by atoms with Crippen LogP contribution in [0.3, 0.4) is 0 Å². The zero-order valence-corrected chi connectivity index (χ0v) is 26.4. The molecule has 1 amide bonds. The third-order valence-corrected chi connectivity index (χ3v) is 10.7. The molecule has 0 radical (unpaired) electrons. The SMILES string of the molecule is CC1(C)COC(=O)[C@@H]1OC(=O)C=Cc1cccc(CN2O[C@@H]3[C@H]4OC(C5CC5)(C5CC5)O[C@H]4[C@H]4C[C@]3(C(=O)NCCO)[C@@H]2C(=O)O4)c1. The molecular formula is C34H40N2O11. The molecule has 0 spiro atoms. The van der Waals surface area contributed by atoms with Crippen LogP contribution in [0, 0.1) is 22.7 Å². The van der Waals surface area contributed by atoms with Gasteiger partial charge in [-0.2, -0.15) is 5.06 Å². The van der Waals surface area contributed by atoms with E-state index in [2.05, 4.69) is 5.32 Å². The molecular weight excluding hydrogens is 612 g/mol. The van der Waals surface area contributed by atoms with Gasteiger partial charge in [0.05, 0.1) is 13.2 Å². The van der Waals surface area contributed by atoms with Crippen molar-refractivity contribution in [2.75, 3.05) is 19.8 Å². The van der Waals surface area contributed by atoms with E-state index < -0.39 is 71.1 Å². The van der Waals surface area contributed by atoms with E-state index in [0.29, 0.717) is 5.56 Å². The highest BCUT2D eigenvalue weighted by atomic mass is 16.8. The number of hydroxylamine groups is 2. The molecule has 1 aromatic rings. The molecule has 13 heteroatoms. The predicted octanol–water partition coefficient (Wildman–Crippen LogP) is 1.40. The lowest BCUT2D eigenvalue weighted by Gasteiger charge is -2.48. The molecule has 47 heavy (non-hydrogen) atoms. The summed E-state index contributed by atoms with van der Waals surface area (Å²) in [6.07, 6.45) is 3.49. The molecule has 2 bridgehead atoms. The molecule has 8 rings (SSSR count). The maximum Gasteiger partial charge on any atom is 0.348 e. The number of rotatable bonds is 10. The van der Waals surface area contributed by atoms with Gasteiger partial charge in [-0.05, 0) is 42.9 Å². The molecule has 252 valence electrons. The standard InChI is InChI=1S/C34H40N2O11/c1-32(2)17-42-30(40)28(32)44-23(38)11-6-18-4-3-5-19(14-18)16-36-26-29(39)43-22-15-33(26,31(41)35-12-13-37)27(47-36)25-24(22)45-34(46-25,20-7-8-20)21-9-10-21/h3-6,11,14,20-22,24-28,37H,7-10,12-13,15-17H2,1-2H3,(H,35,41)/t22-,24+,25+,26+,27-,28+,33+/m1/s1. The van der Waals surface area contributed by atoms with Crippen LogP contribution in [0.4, 0.5) is 0 Å². The van der Waals surface area contributed by atoms with Crippen molar-refractivity contribution in [1.82, 2.24) is 10.4 Å². The zero-order valence-electron chi connectivity index (χ0n) is 26.4. The predicted molar refractivity (Wildman–Crippen MR) is 159 cm³/mol. The van der Waals surface area contributed by atoms with Crippen LogP contribution in [0.5, 0.6) is 0 Å². The summed E-state index contributed by atoms with van der Waals surface area (Å²) >= 11 is 0. The Morgan fingerprint density at radius 3 is 2.51 bits per heavy atom. The molecule has 13 nitrogen and oxygen atoms in total. The van der Waals surface area contributed by atoms with Gasteiger partial charge >= 0.3 is 17.9 Å². The van der Waals surface area contributed by atoms with Gasteiger partial charge in [0.15, 0.2) is 11.8 Å². The zero-order chi connectivity index (χ0) is 32.7. The fourth-order valence-corrected chi connectivity index (χ4v) is 8.23. The fraction of sp³-hybridized carbons (Fsp3) is 0.647. The Morgan fingerprint density at radius 2 is 1.83 bits per heavy atom. The van der Waals surface area contributed by atoms with Crippen molar-refractivity contribution < 1.29 is 52.8 Å². The molecule has 0 unspecified atom stereocenters. The number of carbonyl (C=O) groups excluding carboxylic acids is 4. The number of nitrogens with zero attached hydrogens (tertiary/aromatic N) is 1. The van der Waals surface area contributed by atoms with E-state index in [4.69, 9.17) is 28.5 Å². The largest absolute Gasteiger partial charge is 0.462 e. The van der Waals surface area contributed by atoms with Crippen molar-refractivity contribution in [3.8, 4) is 0 Å². The van der Waals surface area contributed by atoms with Crippen LogP contribution in [0.2, 0.25) is 0 Å². The summed E-state index contributed by atoms with van der Waals surface area (Å²) in [6.45, 7) is 3.70. The summed E-state index contributed by atoms with van der Waals surface area (Å²) in [5.74, 6) is -2.38. The highest BCUT2D eigenvalue weighted by Crippen LogP contribution is 2.63. The van der Waals surface area contributed by atoms with E-state index >= 15 is 0 Å². The summed E-state index contributed by atoms with van der Waals surface area (Å²) in [5, 5.41) is 13.8. The molecule has 7 aliphatic rings. The number of hydrogen-bond acceptors (Lipinski definition) is 12. The van der Waals surface area contributed by atoms with Crippen LogP contribution in [0.25, 0.3) is 6.08 Å². The molecule has 4 saturated heterocycles. The number of hydrogen-bond donors (Lipinski definition) is 2. The van der Waals surface area contributed by atoms with Crippen LogP contribution in [0.1, 0.15) is 57.1 Å². The van der Waals surface area contributed by atoms with Gasteiger partial charge in [-0.25, -0.2) is 9.59 Å². The minimum Gasteiger partial charge on any atom is -0.462 e. The van der Waals surface area contributed by atoms with E-state index in [0.717, 1.165) is 31.2 Å². The molecule has 2 N–H and O–H groups in total. The van der Waals surface area contributed by atoms with Crippen molar-refractivity contribution in [3.05, 3.63) is 41.5 Å². The minimum atomic E-state index is -1.31. The van der Waals surface area contributed by atoms with Crippen LogP contribution < -0.4 is 5.32 Å². The van der Waals surface area contributed by atoms with Gasteiger partial charge in [0, 0.05) is 36.3 Å². The van der Waals surface area contributed by atoms with Gasteiger partial charge in [0.25, 0.3) is 0 Å². The molecule has 1 aromatic carbocycles. The number of fused-ring (bicyclic) bond motifs is 4. The maximum absolute atomic E-state index is 14.0. The molecule has 4 heterocycles. The Morgan fingerprint density at radius 1 is 1.09 bits per heavy atom. The maximum atomic E-state index is 14.0. The van der Waals surface area contributed by atoms with Gasteiger partial charge in [-0.15, -0.1) is 0 Å². The summed E-state index contributed by atoms with van der Waals surface area (Å²) in [5.41, 5.74) is -0.491. The average Bonchev–Trinajstić information content (AvgIpc) is 3.98. The van der Waals surface area contributed by atoms with Crippen LogP contribution in [-0.2, 0) is 54.2 Å². The Bertz CT molecular complexity index is 1510. The molecule has 3 aliphatic carbocycles. The minimum absolute atomic E-state index is 0.0372. The lowest BCUT2D eigenvalue weighted by molar-refractivity contribution is -0.235. The fourth-order valence-electron chi connectivity index (χ4n) is 8.23. The number of aliphatic hydroxyl groups excluding tert-OH is 1. The number of aliphatic hydroxyl groups is 1. The number of ether oxygens (including phenoxy) is 5. The third-order valence-electron chi connectivity index (χ3n) is 10.7. The number of benzene rings is 1. The van der Waals surface area contributed by atoms with Crippen LogP contribution in [-0.4, -0.2) is 96.1 Å². The van der Waals surface area contributed by atoms with Gasteiger partial charge < -0.3 is 34.1 Å². The Labute approximate surface area is 271 Å². The molecule has 3 saturated carbocycles. The number of amides is 1. The Kier molecular flexibility index (Phi) is 7.30. The second-order valence-electron chi connectivity index (χ2n) is 14.6. The second kappa shape index (κ2) is 11.1. The van der Waals surface area contributed by atoms with Crippen molar-refractivity contribution >= 4 is 29.9 Å². The van der Waals surface area contributed by atoms with Gasteiger partial charge in [-0.1, -0.05) is 38.1 Å². The van der Waals surface area contributed by atoms with Gasteiger partial charge in [0.2, 0.25) is 12.0 Å². The first-order valence-corrected chi connectivity index (χ1v) is 16.6. The van der Waals surface area contributed by atoms with Crippen LogP contribution >= 0.6 is 0 Å². The lowest BCUT2D eigenvalue weighted by Crippen LogP contribution is -2.69. The first kappa shape index (κ1) is 30.9. The van der Waals surface area contributed by atoms with E-state index in [1.54, 1.807) is 26.0 Å². The Balaban J connectivity index is 1.05. The number of esters is 3. The van der Waals surface area contributed by atoms with Crippen molar-refractivity contribution in [1.29, 1.82) is 0 Å². The number of nitrogens with one attached hydrogen (secondary N) is 1.